The first-order valence-corrected chi connectivity index (χ1v) is 20.6. The van der Waals surface area contributed by atoms with Crippen LogP contribution in [0.25, 0.3) is 104 Å². The summed E-state index contributed by atoms with van der Waals surface area (Å²) in [6, 6.07) is 59.5. The molecule has 0 atom stereocenters. The fourth-order valence-corrected chi connectivity index (χ4v) is 9.91. The third kappa shape index (κ3) is 5.68. The molecule has 0 amide bonds. The SMILES string of the molecule is Oc1c(O)c(O)c(-c2cc(-c3ccccc3)c3c(c2)c2ccccc2n3-c2cccc3sc4cccc(-c5cc(-c6ccccc6)cc(-c6ccccc6)n5)c4c23)c(O)c1O. The molecule has 5 N–H and O–H groups in total. The molecule has 61 heavy (non-hydrogen) atoms. The van der Waals surface area contributed by atoms with Crippen LogP contribution >= 0.6 is 11.3 Å². The van der Waals surface area contributed by atoms with Crippen LogP contribution in [0.5, 0.6) is 28.7 Å². The molecule has 11 aromatic rings. The van der Waals surface area contributed by atoms with Crippen LogP contribution in [-0.4, -0.2) is 35.1 Å². The number of fused-ring (bicyclic) bond motifs is 6. The molecule has 3 aromatic heterocycles. The molecule has 0 saturated carbocycles. The summed E-state index contributed by atoms with van der Waals surface area (Å²) in [7, 11) is 0. The molecule has 0 unspecified atom stereocenters. The second kappa shape index (κ2) is 14.0. The van der Waals surface area contributed by atoms with Crippen molar-refractivity contribution in [2.75, 3.05) is 0 Å². The third-order valence-corrected chi connectivity index (χ3v) is 12.7. The van der Waals surface area contributed by atoms with E-state index in [1.807, 2.05) is 84.9 Å². The zero-order valence-corrected chi connectivity index (χ0v) is 33.1. The lowest BCUT2D eigenvalue weighted by molar-refractivity contribution is 0.330. The van der Waals surface area contributed by atoms with E-state index >= 15 is 0 Å². The van der Waals surface area contributed by atoms with Gasteiger partial charge in [0.2, 0.25) is 17.2 Å². The quantitative estimate of drug-likeness (QED) is 0.0843. The lowest BCUT2D eigenvalue weighted by atomic mass is 9.94. The van der Waals surface area contributed by atoms with E-state index in [1.165, 1.54) is 0 Å². The van der Waals surface area contributed by atoms with E-state index in [2.05, 4.69) is 95.6 Å². The molecule has 0 radical (unpaired) electrons. The summed E-state index contributed by atoms with van der Waals surface area (Å²) in [6.45, 7) is 0. The normalized spacial score (nSPS) is 11.6. The van der Waals surface area contributed by atoms with Crippen molar-refractivity contribution in [3.8, 4) is 90.3 Å². The summed E-state index contributed by atoms with van der Waals surface area (Å²) in [5, 5.41) is 57.7. The number of hydrogen-bond acceptors (Lipinski definition) is 7. The maximum atomic E-state index is 11.2. The Hall–Kier alpha value is -8.07. The van der Waals surface area contributed by atoms with Gasteiger partial charge in [-0.25, -0.2) is 4.98 Å². The molecular weight excluding hydrogens is 777 g/mol. The predicted molar refractivity (Wildman–Crippen MR) is 247 cm³/mol. The average molecular weight is 811 g/mol. The van der Waals surface area contributed by atoms with Gasteiger partial charge < -0.3 is 30.1 Å². The lowest BCUT2D eigenvalue weighted by Crippen LogP contribution is -1.97. The van der Waals surface area contributed by atoms with E-state index in [4.69, 9.17) is 4.98 Å². The maximum Gasteiger partial charge on any atom is 0.208 e. The minimum Gasteiger partial charge on any atom is -0.504 e. The second-order valence-electron chi connectivity index (χ2n) is 15.0. The lowest BCUT2D eigenvalue weighted by Gasteiger charge is -2.17. The monoisotopic (exact) mass is 810 g/mol. The van der Waals surface area contributed by atoms with Crippen LogP contribution < -0.4 is 0 Å². The summed E-state index contributed by atoms with van der Waals surface area (Å²) in [5.74, 6) is -4.37. The van der Waals surface area contributed by atoms with Gasteiger partial charge in [0.1, 0.15) is 0 Å². The number of phenols is 5. The highest BCUT2D eigenvalue weighted by Crippen LogP contribution is 2.56. The van der Waals surface area contributed by atoms with Gasteiger partial charge in [-0.1, -0.05) is 127 Å². The topological polar surface area (TPSA) is 119 Å². The van der Waals surface area contributed by atoms with Gasteiger partial charge in [0.25, 0.3) is 0 Å². The number of benzene rings is 8. The molecule has 8 heteroatoms. The van der Waals surface area contributed by atoms with Crippen molar-refractivity contribution in [2.24, 2.45) is 0 Å². The Morgan fingerprint density at radius 3 is 1.67 bits per heavy atom. The van der Waals surface area contributed by atoms with Crippen molar-refractivity contribution in [3.05, 3.63) is 176 Å². The molecule has 292 valence electrons. The molecule has 0 spiro atoms. The Kier molecular flexibility index (Phi) is 8.30. The van der Waals surface area contributed by atoms with Crippen LogP contribution in [0.2, 0.25) is 0 Å². The van der Waals surface area contributed by atoms with E-state index in [0.29, 0.717) is 5.56 Å². The molecule has 0 saturated heterocycles. The number of rotatable bonds is 6. The standard InChI is InChI=1S/C53H34N2O5S/c56-49-45(50(57)52(59)53(60)51(49)58)34-26-37(31-16-6-2-7-17-31)48-38(27-34)35-20-10-11-22-41(35)55(48)42-23-13-25-44-47(42)46-36(21-12-24-43(46)61-44)40-29-33(30-14-4-1-5-15-30)28-39(54-40)32-18-8-3-9-19-32/h1-29,56-60H. The molecule has 0 fully saturated rings. The number of pyridine rings is 1. The summed E-state index contributed by atoms with van der Waals surface area (Å²) in [6.07, 6.45) is 0. The molecule has 0 aliphatic heterocycles. The van der Waals surface area contributed by atoms with Crippen molar-refractivity contribution in [1.29, 1.82) is 0 Å². The number of aromatic nitrogens is 2. The summed E-state index contributed by atoms with van der Waals surface area (Å²) in [5.41, 5.74) is 10.5. The highest BCUT2D eigenvalue weighted by atomic mass is 32.1. The highest BCUT2D eigenvalue weighted by Gasteiger charge is 2.27. The number of phenolic OH excluding ortho intramolecular Hbond substituents is 5. The first kappa shape index (κ1) is 36.0. The van der Waals surface area contributed by atoms with Gasteiger partial charge in [-0.3, -0.25) is 0 Å². The van der Waals surface area contributed by atoms with E-state index in [9.17, 15) is 25.5 Å². The van der Waals surface area contributed by atoms with Gasteiger partial charge in [-0.2, -0.15) is 0 Å². The first-order valence-electron chi connectivity index (χ1n) is 19.8. The van der Waals surface area contributed by atoms with Crippen LogP contribution in [0.4, 0.5) is 0 Å². The number of para-hydroxylation sites is 1. The zero-order chi connectivity index (χ0) is 41.4. The number of nitrogens with zero attached hydrogens (tertiary/aromatic N) is 2. The van der Waals surface area contributed by atoms with E-state index < -0.39 is 28.7 Å². The van der Waals surface area contributed by atoms with Gasteiger partial charge >= 0.3 is 0 Å². The van der Waals surface area contributed by atoms with Crippen molar-refractivity contribution in [1.82, 2.24) is 9.55 Å². The Labute approximate surface area is 353 Å². The Morgan fingerprint density at radius 1 is 0.393 bits per heavy atom. The van der Waals surface area contributed by atoms with E-state index in [-0.39, 0.29) is 5.56 Å². The summed E-state index contributed by atoms with van der Waals surface area (Å²) < 4.78 is 4.52. The second-order valence-corrected chi connectivity index (χ2v) is 16.1. The van der Waals surface area contributed by atoms with Crippen LogP contribution in [0, 0.1) is 0 Å². The fraction of sp³-hybridized carbons (Fsp3) is 0. The van der Waals surface area contributed by atoms with Crippen LogP contribution in [-0.2, 0) is 0 Å². The van der Waals surface area contributed by atoms with Crippen molar-refractivity contribution in [3.63, 3.8) is 0 Å². The average Bonchev–Trinajstić information content (AvgIpc) is 3.87. The molecule has 0 aliphatic rings. The molecular formula is C53H34N2O5S. The zero-order valence-electron chi connectivity index (χ0n) is 32.3. The minimum atomic E-state index is -1.01. The predicted octanol–water partition coefficient (Wildman–Crippen LogP) is 13.4. The van der Waals surface area contributed by atoms with Crippen molar-refractivity contribution >= 4 is 53.3 Å². The molecule has 7 nitrogen and oxygen atoms in total. The van der Waals surface area contributed by atoms with Gasteiger partial charge in [-0.15, -0.1) is 11.3 Å². The van der Waals surface area contributed by atoms with Crippen molar-refractivity contribution in [2.45, 2.75) is 0 Å². The molecule has 8 aromatic carbocycles. The Balaban J connectivity index is 1.24. The summed E-state index contributed by atoms with van der Waals surface area (Å²) >= 11 is 1.74. The minimum absolute atomic E-state index is 0.209. The smallest absolute Gasteiger partial charge is 0.208 e. The van der Waals surface area contributed by atoms with Gasteiger partial charge in [-0.05, 0) is 70.8 Å². The van der Waals surface area contributed by atoms with Crippen molar-refractivity contribution < 1.29 is 25.5 Å². The number of hydrogen-bond donors (Lipinski definition) is 5. The highest BCUT2D eigenvalue weighted by molar-refractivity contribution is 7.26. The molecule has 3 heterocycles. The molecule has 0 bridgehead atoms. The van der Waals surface area contributed by atoms with Gasteiger partial charge in [0.15, 0.2) is 11.5 Å². The van der Waals surface area contributed by atoms with Gasteiger partial charge in [0.05, 0.1) is 33.7 Å². The maximum absolute atomic E-state index is 11.2. The number of thiophene rings is 1. The molecule has 11 rings (SSSR count). The summed E-state index contributed by atoms with van der Waals surface area (Å²) in [4.78, 5) is 5.36. The Morgan fingerprint density at radius 2 is 0.967 bits per heavy atom. The van der Waals surface area contributed by atoms with E-state index in [1.54, 1.807) is 11.3 Å². The van der Waals surface area contributed by atoms with Crippen LogP contribution in [0.1, 0.15) is 0 Å². The van der Waals surface area contributed by atoms with Crippen LogP contribution in [0.3, 0.4) is 0 Å². The first-order chi connectivity index (χ1) is 29.9. The largest absolute Gasteiger partial charge is 0.504 e. The fourth-order valence-electron chi connectivity index (χ4n) is 8.76. The Bertz CT molecular complexity index is 3440. The number of aromatic hydroxyl groups is 5. The molecule has 0 aliphatic carbocycles. The van der Waals surface area contributed by atoms with E-state index in [0.717, 1.165) is 92.4 Å². The third-order valence-electron chi connectivity index (χ3n) is 11.5. The van der Waals surface area contributed by atoms with Crippen LogP contribution in [0.15, 0.2) is 176 Å². The van der Waals surface area contributed by atoms with Gasteiger partial charge in [0, 0.05) is 47.6 Å².